The summed E-state index contributed by atoms with van der Waals surface area (Å²) < 4.78 is 5.23. The third-order valence-electron chi connectivity index (χ3n) is 3.20. The van der Waals surface area contributed by atoms with Crippen molar-refractivity contribution >= 4 is 23.6 Å². The van der Waals surface area contributed by atoms with Crippen LogP contribution in [0.2, 0.25) is 5.02 Å². The highest BCUT2D eigenvalue weighted by atomic mass is 35.5. The van der Waals surface area contributed by atoms with E-state index in [4.69, 9.17) is 22.1 Å². The van der Waals surface area contributed by atoms with Crippen LogP contribution in [0.5, 0.6) is 0 Å². The van der Waals surface area contributed by atoms with Gasteiger partial charge in [-0.15, -0.1) is 0 Å². The van der Waals surface area contributed by atoms with Crippen LogP contribution in [-0.4, -0.2) is 12.0 Å². The molecule has 5 nitrogen and oxygen atoms in total. The van der Waals surface area contributed by atoms with E-state index in [-0.39, 0.29) is 13.0 Å². The van der Waals surface area contributed by atoms with Crippen LogP contribution in [0.1, 0.15) is 23.6 Å². The summed E-state index contributed by atoms with van der Waals surface area (Å²) in [6, 6.07) is 14.9. The maximum Gasteiger partial charge on any atom is 0.312 e. The zero-order chi connectivity index (χ0) is 16.7. The quantitative estimate of drug-likeness (QED) is 0.797. The van der Waals surface area contributed by atoms with Gasteiger partial charge in [0.05, 0.1) is 12.5 Å². The van der Waals surface area contributed by atoms with Crippen LogP contribution in [0.4, 0.5) is 4.79 Å². The van der Waals surface area contributed by atoms with Crippen molar-refractivity contribution in [2.24, 2.45) is 5.73 Å². The molecule has 2 aromatic carbocycles. The van der Waals surface area contributed by atoms with Crippen LogP contribution in [0, 0.1) is 0 Å². The highest BCUT2D eigenvalue weighted by Gasteiger charge is 2.18. The van der Waals surface area contributed by atoms with Gasteiger partial charge in [0.2, 0.25) is 0 Å². The topological polar surface area (TPSA) is 81.4 Å². The smallest absolute Gasteiger partial charge is 0.312 e. The third-order valence-corrected chi connectivity index (χ3v) is 3.45. The number of urea groups is 1. The Balaban J connectivity index is 1.98. The van der Waals surface area contributed by atoms with Gasteiger partial charge in [0, 0.05) is 5.02 Å². The SMILES string of the molecule is NC(=O)N[C@@H](CC(=O)OCc1ccccc1)c1ccc(Cl)cc1. The molecule has 0 aliphatic rings. The highest BCUT2D eigenvalue weighted by Crippen LogP contribution is 2.20. The Morgan fingerprint density at radius 1 is 1.09 bits per heavy atom. The van der Waals surface area contributed by atoms with Crippen molar-refractivity contribution in [1.82, 2.24) is 5.32 Å². The van der Waals surface area contributed by atoms with Crippen molar-refractivity contribution in [1.29, 1.82) is 0 Å². The first kappa shape index (κ1) is 16.8. The van der Waals surface area contributed by atoms with Gasteiger partial charge in [-0.2, -0.15) is 0 Å². The molecule has 0 fully saturated rings. The highest BCUT2D eigenvalue weighted by molar-refractivity contribution is 6.30. The Morgan fingerprint density at radius 2 is 1.74 bits per heavy atom. The minimum absolute atomic E-state index is 0.0165. The van der Waals surface area contributed by atoms with Crippen LogP contribution in [0.15, 0.2) is 54.6 Å². The van der Waals surface area contributed by atoms with Crippen LogP contribution in [0.3, 0.4) is 0 Å². The number of rotatable bonds is 6. The van der Waals surface area contributed by atoms with Crippen molar-refractivity contribution in [2.75, 3.05) is 0 Å². The summed E-state index contributed by atoms with van der Waals surface area (Å²) in [6.07, 6.45) is -0.0165. The maximum atomic E-state index is 12.0. The van der Waals surface area contributed by atoms with E-state index in [0.717, 1.165) is 11.1 Å². The number of primary amides is 1. The van der Waals surface area contributed by atoms with Crippen molar-refractivity contribution in [3.8, 4) is 0 Å². The summed E-state index contributed by atoms with van der Waals surface area (Å²) in [6.45, 7) is 0.184. The summed E-state index contributed by atoms with van der Waals surface area (Å²) >= 11 is 5.84. The van der Waals surface area contributed by atoms with Crippen molar-refractivity contribution < 1.29 is 14.3 Å². The summed E-state index contributed by atoms with van der Waals surface area (Å²) in [5, 5.41) is 3.11. The first-order valence-electron chi connectivity index (χ1n) is 7.05. The van der Waals surface area contributed by atoms with Gasteiger partial charge in [-0.1, -0.05) is 54.1 Å². The van der Waals surface area contributed by atoms with Gasteiger partial charge in [-0.3, -0.25) is 4.79 Å². The molecule has 2 rings (SSSR count). The molecule has 0 heterocycles. The maximum absolute atomic E-state index is 12.0. The van der Waals surface area contributed by atoms with E-state index in [1.807, 2.05) is 30.3 Å². The predicted molar refractivity (Wildman–Crippen MR) is 87.8 cm³/mol. The number of nitrogens with one attached hydrogen (secondary N) is 1. The molecular weight excluding hydrogens is 316 g/mol. The largest absolute Gasteiger partial charge is 0.461 e. The lowest BCUT2D eigenvalue weighted by Crippen LogP contribution is -2.34. The molecule has 0 aliphatic heterocycles. The minimum atomic E-state index is -0.708. The van der Waals surface area contributed by atoms with E-state index >= 15 is 0 Å². The molecule has 2 amide bonds. The number of halogens is 1. The van der Waals surface area contributed by atoms with Gasteiger partial charge in [0.15, 0.2) is 0 Å². The van der Waals surface area contributed by atoms with E-state index in [1.54, 1.807) is 24.3 Å². The normalized spacial score (nSPS) is 11.5. The monoisotopic (exact) mass is 332 g/mol. The molecular formula is C17H17ClN2O3. The lowest BCUT2D eigenvalue weighted by Gasteiger charge is -2.17. The second-order valence-electron chi connectivity index (χ2n) is 4.96. The predicted octanol–water partition coefficient (Wildman–Crippen LogP) is 3.18. The fraction of sp³-hybridized carbons (Fsp3) is 0.176. The Morgan fingerprint density at radius 3 is 2.35 bits per heavy atom. The van der Waals surface area contributed by atoms with Gasteiger partial charge in [0.25, 0.3) is 0 Å². The molecule has 0 aliphatic carbocycles. The number of esters is 1. The molecule has 0 saturated carbocycles. The molecule has 2 aromatic rings. The Hall–Kier alpha value is -2.53. The van der Waals surface area contributed by atoms with Gasteiger partial charge in [-0.05, 0) is 23.3 Å². The molecule has 0 aromatic heterocycles. The molecule has 0 unspecified atom stereocenters. The first-order chi connectivity index (χ1) is 11.0. The molecule has 0 bridgehead atoms. The minimum Gasteiger partial charge on any atom is -0.461 e. The van der Waals surface area contributed by atoms with Crippen molar-refractivity contribution in [3.63, 3.8) is 0 Å². The number of hydrogen-bond donors (Lipinski definition) is 2. The first-order valence-corrected chi connectivity index (χ1v) is 7.43. The number of carbonyl (C=O) groups is 2. The summed E-state index contributed by atoms with van der Waals surface area (Å²) in [4.78, 5) is 23.2. The number of ether oxygens (including phenoxy) is 1. The van der Waals surface area contributed by atoms with Gasteiger partial charge < -0.3 is 15.8 Å². The van der Waals surface area contributed by atoms with Crippen molar-refractivity contribution in [2.45, 2.75) is 19.1 Å². The summed E-state index contributed by atoms with van der Waals surface area (Å²) in [5.74, 6) is -0.428. The van der Waals surface area contributed by atoms with E-state index in [1.165, 1.54) is 0 Å². The van der Waals surface area contributed by atoms with Gasteiger partial charge in [0.1, 0.15) is 6.61 Å². The van der Waals surface area contributed by atoms with Crippen LogP contribution >= 0.6 is 11.6 Å². The van der Waals surface area contributed by atoms with Crippen LogP contribution in [-0.2, 0) is 16.1 Å². The van der Waals surface area contributed by atoms with E-state index in [2.05, 4.69) is 5.32 Å². The second kappa shape index (κ2) is 8.19. The lowest BCUT2D eigenvalue weighted by molar-refractivity contribution is -0.145. The standard InChI is InChI=1S/C17H17ClN2O3/c18-14-8-6-13(7-9-14)15(20-17(19)22)10-16(21)23-11-12-4-2-1-3-5-12/h1-9,15H,10-11H2,(H3,19,20,22)/t15-/m0/s1. The van der Waals surface area contributed by atoms with Gasteiger partial charge in [-0.25, -0.2) is 4.79 Å². The van der Waals surface area contributed by atoms with E-state index in [0.29, 0.717) is 5.02 Å². The van der Waals surface area contributed by atoms with Crippen LogP contribution in [0.25, 0.3) is 0 Å². The molecule has 6 heteroatoms. The molecule has 1 atom stereocenters. The molecule has 0 spiro atoms. The number of amides is 2. The Kier molecular flexibility index (Phi) is 6.00. The number of hydrogen-bond acceptors (Lipinski definition) is 3. The summed E-state index contributed by atoms with van der Waals surface area (Å²) in [5.41, 5.74) is 6.79. The molecule has 120 valence electrons. The zero-order valence-electron chi connectivity index (χ0n) is 12.4. The zero-order valence-corrected chi connectivity index (χ0v) is 13.1. The van der Waals surface area contributed by atoms with E-state index < -0.39 is 18.0 Å². The Labute approximate surface area is 139 Å². The van der Waals surface area contributed by atoms with E-state index in [9.17, 15) is 9.59 Å². The van der Waals surface area contributed by atoms with Gasteiger partial charge >= 0.3 is 12.0 Å². The third kappa shape index (κ3) is 5.64. The average Bonchev–Trinajstić information content (AvgIpc) is 2.53. The number of carbonyl (C=O) groups excluding carboxylic acids is 2. The molecule has 0 saturated heterocycles. The number of nitrogens with two attached hydrogens (primary N) is 1. The van der Waals surface area contributed by atoms with Crippen LogP contribution < -0.4 is 11.1 Å². The molecule has 23 heavy (non-hydrogen) atoms. The van der Waals surface area contributed by atoms with Crippen molar-refractivity contribution in [3.05, 3.63) is 70.7 Å². The molecule has 0 radical (unpaired) electrons. The fourth-order valence-corrected chi connectivity index (χ4v) is 2.21. The number of benzene rings is 2. The average molecular weight is 333 g/mol. The Bertz CT molecular complexity index is 659. The lowest BCUT2D eigenvalue weighted by atomic mass is 10.0. The molecule has 3 N–H and O–H groups in total. The fourth-order valence-electron chi connectivity index (χ4n) is 2.08. The second-order valence-corrected chi connectivity index (χ2v) is 5.40. The summed E-state index contributed by atoms with van der Waals surface area (Å²) in [7, 11) is 0.